The molecule has 3 aromatic rings. The number of pyridine rings is 1. The van der Waals surface area contributed by atoms with Gasteiger partial charge in [-0.15, -0.1) is 0 Å². The number of anilines is 1. The lowest BCUT2D eigenvalue weighted by molar-refractivity contribution is -0.118. The Morgan fingerprint density at radius 2 is 1.79 bits per heavy atom. The van der Waals surface area contributed by atoms with Crippen LogP contribution in [0.2, 0.25) is 0 Å². The molecular formula is C24H25N3O6S. The number of aryl methyl sites for hydroxylation is 1. The number of benzene rings is 2. The molecule has 0 spiro atoms. The Balaban J connectivity index is 1.35. The van der Waals surface area contributed by atoms with Gasteiger partial charge < -0.3 is 19.5 Å². The maximum Gasteiger partial charge on any atom is 0.262 e. The molecule has 0 radical (unpaired) electrons. The summed E-state index contributed by atoms with van der Waals surface area (Å²) in [5.74, 6) is 1.15. The highest BCUT2D eigenvalue weighted by Gasteiger charge is 2.26. The van der Waals surface area contributed by atoms with Crippen LogP contribution < -0.4 is 14.8 Å². The fourth-order valence-electron chi connectivity index (χ4n) is 3.30. The molecule has 1 fully saturated rings. The molecule has 0 saturated carbocycles. The third kappa shape index (κ3) is 5.90. The minimum Gasteiger partial charge on any atom is -0.484 e. The van der Waals surface area contributed by atoms with E-state index in [1.807, 2.05) is 6.07 Å². The van der Waals surface area contributed by atoms with E-state index < -0.39 is 15.9 Å². The average Bonchev–Trinajstić information content (AvgIpc) is 2.86. The van der Waals surface area contributed by atoms with Crippen molar-refractivity contribution in [3.05, 3.63) is 72.4 Å². The summed E-state index contributed by atoms with van der Waals surface area (Å²) in [7, 11) is -3.66. The van der Waals surface area contributed by atoms with Gasteiger partial charge in [-0.25, -0.2) is 13.4 Å². The van der Waals surface area contributed by atoms with Gasteiger partial charge in [-0.1, -0.05) is 12.1 Å². The van der Waals surface area contributed by atoms with Crippen molar-refractivity contribution >= 4 is 21.6 Å². The Kier molecular flexibility index (Phi) is 7.41. The molecule has 2 aromatic carbocycles. The first-order valence-electron chi connectivity index (χ1n) is 10.7. The molecule has 4 rings (SSSR count). The Morgan fingerprint density at radius 1 is 1.06 bits per heavy atom. The smallest absolute Gasteiger partial charge is 0.262 e. The number of nitrogens with one attached hydrogen (secondary N) is 1. The van der Waals surface area contributed by atoms with E-state index in [0.29, 0.717) is 49.4 Å². The Labute approximate surface area is 198 Å². The summed E-state index contributed by atoms with van der Waals surface area (Å²) in [5.41, 5.74) is 1.16. The van der Waals surface area contributed by atoms with Crippen LogP contribution in [0.5, 0.6) is 17.4 Å². The normalized spacial score (nSPS) is 14.4. The molecule has 0 unspecified atom stereocenters. The number of aromatic nitrogens is 1. The molecule has 1 aromatic heterocycles. The number of carbonyl (C=O) groups is 1. The van der Waals surface area contributed by atoms with Crippen LogP contribution in [-0.4, -0.2) is 56.5 Å². The second-order valence-corrected chi connectivity index (χ2v) is 9.51. The molecule has 1 saturated heterocycles. The summed E-state index contributed by atoms with van der Waals surface area (Å²) < 4.78 is 43.6. The highest BCUT2D eigenvalue weighted by Crippen LogP contribution is 2.24. The number of ether oxygens (including phenoxy) is 3. The molecule has 2 heterocycles. The van der Waals surface area contributed by atoms with Crippen LogP contribution in [0, 0.1) is 6.92 Å². The first-order valence-corrected chi connectivity index (χ1v) is 12.2. The van der Waals surface area contributed by atoms with E-state index >= 15 is 0 Å². The van der Waals surface area contributed by atoms with Crippen LogP contribution in [0.4, 0.5) is 5.69 Å². The van der Waals surface area contributed by atoms with Crippen molar-refractivity contribution < 1.29 is 27.4 Å². The first kappa shape index (κ1) is 23.7. The Hall–Kier alpha value is -3.47. The molecule has 178 valence electrons. The van der Waals surface area contributed by atoms with Crippen LogP contribution >= 0.6 is 0 Å². The van der Waals surface area contributed by atoms with E-state index in [4.69, 9.17) is 14.2 Å². The van der Waals surface area contributed by atoms with Crippen molar-refractivity contribution in [2.45, 2.75) is 11.8 Å². The van der Waals surface area contributed by atoms with Gasteiger partial charge >= 0.3 is 0 Å². The Morgan fingerprint density at radius 3 is 2.50 bits per heavy atom. The summed E-state index contributed by atoms with van der Waals surface area (Å²) in [6, 6.07) is 16.9. The van der Waals surface area contributed by atoms with E-state index in [9.17, 15) is 13.2 Å². The number of morpholine rings is 1. The monoisotopic (exact) mass is 483 g/mol. The van der Waals surface area contributed by atoms with Crippen molar-refractivity contribution in [1.82, 2.24) is 9.29 Å². The third-order valence-electron chi connectivity index (χ3n) is 5.14. The van der Waals surface area contributed by atoms with Gasteiger partial charge in [0.15, 0.2) is 6.61 Å². The first-order chi connectivity index (χ1) is 16.4. The molecule has 9 nitrogen and oxygen atoms in total. The quantitative estimate of drug-likeness (QED) is 0.524. The zero-order chi connectivity index (χ0) is 24.0. The largest absolute Gasteiger partial charge is 0.484 e. The topological polar surface area (TPSA) is 107 Å². The van der Waals surface area contributed by atoms with Crippen molar-refractivity contribution in [3.8, 4) is 17.4 Å². The summed E-state index contributed by atoms with van der Waals surface area (Å²) in [6.07, 6.45) is 1.64. The fraction of sp³-hybridized carbons (Fsp3) is 0.250. The van der Waals surface area contributed by atoms with Gasteiger partial charge in [0.2, 0.25) is 15.9 Å². The maximum absolute atomic E-state index is 12.9. The molecule has 1 aliphatic heterocycles. The van der Waals surface area contributed by atoms with Crippen LogP contribution in [-0.2, 0) is 19.6 Å². The summed E-state index contributed by atoms with van der Waals surface area (Å²) in [6.45, 7) is 2.89. The highest BCUT2D eigenvalue weighted by atomic mass is 32.2. The second-order valence-electron chi connectivity index (χ2n) is 7.57. The molecule has 1 aliphatic rings. The number of rotatable bonds is 8. The lowest BCUT2D eigenvalue weighted by Gasteiger charge is -2.26. The van der Waals surface area contributed by atoms with Crippen LogP contribution in [0.1, 0.15) is 5.56 Å². The van der Waals surface area contributed by atoms with Gasteiger partial charge in [-0.05, 0) is 55.0 Å². The minimum absolute atomic E-state index is 0.125. The van der Waals surface area contributed by atoms with Crippen molar-refractivity contribution in [2.24, 2.45) is 0 Å². The van der Waals surface area contributed by atoms with Gasteiger partial charge in [0.1, 0.15) is 11.5 Å². The number of hydrogen-bond acceptors (Lipinski definition) is 7. The van der Waals surface area contributed by atoms with Crippen LogP contribution in [0.25, 0.3) is 0 Å². The van der Waals surface area contributed by atoms with Gasteiger partial charge in [0, 0.05) is 31.0 Å². The van der Waals surface area contributed by atoms with Crippen LogP contribution in [0.15, 0.2) is 71.8 Å². The fourth-order valence-corrected chi connectivity index (χ4v) is 4.73. The molecule has 0 atom stereocenters. The average molecular weight is 484 g/mol. The van der Waals surface area contributed by atoms with Gasteiger partial charge in [-0.3, -0.25) is 4.79 Å². The second kappa shape index (κ2) is 10.6. The molecule has 34 heavy (non-hydrogen) atoms. The predicted molar refractivity (Wildman–Crippen MR) is 126 cm³/mol. The molecular weight excluding hydrogens is 458 g/mol. The number of hydrogen-bond donors (Lipinski definition) is 1. The molecule has 0 aliphatic carbocycles. The third-order valence-corrected chi connectivity index (χ3v) is 7.04. The standard InChI is InChI=1S/C24H25N3O6S/c1-18-5-10-21(34(29,30)27-12-14-31-15-13-27)16-22(18)26-23(28)17-32-19-6-8-20(9-7-19)33-24-4-2-3-11-25-24/h2-11,16H,12-15,17H2,1H3,(H,26,28). The summed E-state index contributed by atoms with van der Waals surface area (Å²) in [5, 5.41) is 2.74. The van der Waals surface area contributed by atoms with Gasteiger partial charge in [0.25, 0.3) is 5.91 Å². The van der Waals surface area contributed by atoms with Crippen molar-refractivity contribution in [2.75, 3.05) is 38.2 Å². The lowest BCUT2D eigenvalue weighted by Crippen LogP contribution is -2.40. The van der Waals surface area contributed by atoms with E-state index in [1.165, 1.54) is 10.4 Å². The lowest BCUT2D eigenvalue weighted by atomic mass is 10.2. The van der Waals surface area contributed by atoms with Crippen molar-refractivity contribution in [3.63, 3.8) is 0 Å². The van der Waals surface area contributed by atoms with Gasteiger partial charge in [0.05, 0.1) is 18.1 Å². The number of amides is 1. The summed E-state index contributed by atoms with van der Waals surface area (Å²) >= 11 is 0. The van der Waals surface area contributed by atoms with E-state index in [1.54, 1.807) is 61.7 Å². The van der Waals surface area contributed by atoms with Gasteiger partial charge in [-0.2, -0.15) is 4.31 Å². The Bertz CT molecular complexity index is 1230. The minimum atomic E-state index is -3.66. The van der Waals surface area contributed by atoms with E-state index in [0.717, 1.165) is 5.56 Å². The highest BCUT2D eigenvalue weighted by molar-refractivity contribution is 7.89. The maximum atomic E-state index is 12.9. The molecule has 10 heteroatoms. The molecule has 1 amide bonds. The number of carbonyl (C=O) groups excluding carboxylic acids is 1. The molecule has 1 N–H and O–H groups in total. The number of nitrogens with zero attached hydrogens (tertiary/aromatic N) is 2. The van der Waals surface area contributed by atoms with Crippen molar-refractivity contribution in [1.29, 1.82) is 0 Å². The van der Waals surface area contributed by atoms with E-state index in [2.05, 4.69) is 10.3 Å². The zero-order valence-corrected chi connectivity index (χ0v) is 19.5. The molecule has 0 bridgehead atoms. The van der Waals surface area contributed by atoms with Crippen LogP contribution in [0.3, 0.4) is 0 Å². The predicted octanol–water partition coefficient (Wildman–Crippen LogP) is 3.22. The number of sulfonamides is 1. The SMILES string of the molecule is Cc1ccc(S(=O)(=O)N2CCOCC2)cc1NC(=O)COc1ccc(Oc2ccccn2)cc1. The summed E-state index contributed by atoms with van der Waals surface area (Å²) in [4.78, 5) is 16.7. The van der Waals surface area contributed by atoms with E-state index in [-0.39, 0.29) is 11.5 Å². The zero-order valence-electron chi connectivity index (χ0n) is 18.6.